The van der Waals surface area contributed by atoms with Gasteiger partial charge < -0.3 is 14.9 Å². The molecule has 0 bridgehead atoms. The largest absolute Gasteiger partial charge is 0.478 e. The number of rotatable bonds is 5. The molecule has 0 amide bonds. The summed E-state index contributed by atoms with van der Waals surface area (Å²) in [5, 5.41) is 18.7. The summed E-state index contributed by atoms with van der Waals surface area (Å²) in [6.45, 7) is 0.00526. The van der Waals surface area contributed by atoms with Crippen molar-refractivity contribution in [2.75, 3.05) is 19.8 Å². The van der Waals surface area contributed by atoms with Crippen molar-refractivity contribution in [2.45, 2.75) is 16.9 Å². The topological polar surface area (TPSA) is 113 Å². The lowest BCUT2D eigenvalue weighted by molar-refractivity contribution is 0.0314. The predicted molar refractivity (Wildman–Crippen MR) is 68.9 cm³/mol. The molecule has 0 aliphatic carbocycles. The van der Waals surface area contributed by atoms with E-state index in [9.17, 15) is 22.7 Å². The molecule has 7 nitrogen and oxygen atoms in total. The first-order valence-corrected chi connectivity index (χ1v) is 7.54. The lowest BCUT2D eigenvalue weighted by Gasteiger charge is -2.20. The second-order valence-electron chi connectivity index (χ2n) is 4.80. The molecule has 1 aliphatic rings. The number of nitrogens with one attached hydrogen (secondary N) is 1. The van der Waals surface area contributed by atoms with E-state index in [1.165, 1.54) is 0 Å². The molecule has 9 heteroatoms. The van der Waals surface area contributed by atoms with Crippen LogP contribution in [-0.2, 0) is 14.8 Å². The van der Waals surface area contributed by atoms with Gasteiger partial charge in [0.1, 0.15) is 16.3 Å². The molecule has 21 heavy (non-hydrogen) atoms. The van der Waals surface area contributed by atoms with Crippen LogP contribution < -0.4 is 4.72 Å². The van der Waals surface area contributed by atoms with Crippen LogP contribution in [0.3, 0.4) is 0 Å². The molecule has 0 spiro atoms. The Morgan fingerprint density at radius 2 is 2.19 bits per heavy atom. The molecule has 3 N–H and O–H groups in total. The van der Waals surface area contributed by atoms with Crippen LogP contribution in [0.25, 0.3) is 0 Å². The van der Waals surface area contributed by atoms with Crippen LogP contribution in [0.4, 0.5) is 4.39 Å². The Morgan fingerprint density at radius 3 is 2.71 bits per heavy atom. The first-order valence-electron chi connectivity index (χ1n) is 6.06. The van der Waals surface area contributed by atoms with Crippen molar-refractivity contribution in [2.24, 2.45) is 0 Å². The van der Waals surface area contributed by atoms with Crippen LogP contribution in [0.1, 0.15) is 16.8 Å². The van der Waals surface area contributed by atoms with E-state index in [0.29, 0.717) is 12.7 Å². The molecule has 1 aromatic carbocycles. The highest BCUT2D eigenvalue weighted by Crippen LogP contribution is 2.20. The van der Waals surface area contributed by atoms with Crippen molar-refractivity contribution < 1.29 is 32.6 Å². The minimum atomic E-state index is -4.19. The summed E-state index contributed by atoms with van der Waals surface area (Å²) in [4.78, 5) is 10.0. The molecular weight excluding hydrogens is 305 g/mol. The van der Waals surface area contributed by atoms with Crippen molar-refractivity contribution in [3.05, 3.63) is 29.6 Å². The summed E-state index contributed by atoms with van der Waals surface area (Å²) in [7, 11) is -4.19. The summed E-state index contributed by atoms with van der Waals surface area (Å²) in [6.07, 6.45) is 0.274. The van der Waals surface area contributed by atoms with E-state index >= 15 is 0 Å². The lowest BCUT2D eigenvalue weighted by Crippen LogP contribution is -2.43. The zero-order chi connectivity index (χ0) is 15.7. The molecule has 1 unspecified atom stereocenters. The number of aliphatic hydroxyl groups is 1. The van der Waals surface area contributed by atoms with E-state index in [4.69, 9.17) is 9.84 Å². The van der Waals surface area contributed by atoms with Crippen LogP contribution in [0, 0.1) is 5.82 Å². The monoisotopic (exact) mass is 319 g/mol. The average molecular weight is 319 g/mol. The molecule has 1 atom stereocenters. The van der Waals surface area contributed by atoms with Crippen molar-refractivity contribution in [1.29, 1.82) is 0 Å². The molecular formula is C12H14FNO6S. The molecule has 1 aromatic rings. The van der Waals surface area contributed by atoms with E-state index in [1.807, 2.05) is 0 Å². The highest BCUT2D eigenvalue weighted by molar-refractivity contribution is 7.89. The summed E-state index contributed by atoms with van der Waals surface area (Å²) in [6, 6.07) is 2.49. The second kappa shape index (κ2) is 5.68. The van der Waals surface area contributed by atoms with E-state index in [1.54, 1.807) is 0 Å². The lowest BCUT2D eigenvalue weighted by atomic mass is 10.1. The number of carboxylic acids is 1. The second-order valence-corrected chi connectivity index (χ2v) is 6.54. The Labute approximate surface area is 120 Å². The van der Waals surface area contributed by atoms with Gasteiger partial charge in [0.05, 0.1) is 12.2 Å². The fraction of sp³-hybridized carbons (Fsp3) is 0.417. The van der Waals surface area contributed by atoms with Gasteiger partial charge in [-0.25, -0.2) is 22.3 Å². The van der Waals surface area contributed by atoms with E-state index in [2.05, 4.69) is 4.72 Å². The Hall–Kier alpha value is -1.55. The van der Waals surface area contributed by atoms with Gasteiger partial charge in [0, 0.05) is 19.6 Å². The molecule has 1 fully saturated rings. The number of hydrogen-bond acceptors (Lipinski definition) is 5. The number of carbonyl (C=O) groups is 1. The van der Waals surface area contributed by atoms with Gasteiger partial charge in [-0.1, -0.05) is 0 Å². The number of halogens is 1. The average Bonchev–Trinajstić information content (AvgIpc) is 2.84. The standard InChI is InChI=1S/C12H14FNO6S/c13-9-5-8(11(15)16)1-2-10(9)21(18,19)14-6-12(17)3-4-20-7-12/h1-2,5,14,17H,3-4,6-7H2,(H,15,16). The van der Waals surface area contributed by atoms with Crippen molar-refractivity contribution in [1.82, 2.24) is 4.72 Å². The number of ether oxygens (including phenoxy) is 1. The summed E-state index contributed by atoms with van der Waals surface area (Å²) in [5.74, 6) is -2.53. The van der Waals surface area contributed by atoms with Crippen LogP contribution in [0.5, 0.6) is 0 Å². The van der Waals surface area contributed by atoms with Crippen molar-refractivity contribution in [3.8, 4) is 0 Å². The third-order valence-electron chi connectivity index (χ3n) is 3.14. The highest BCUT2D eigenvalue weighted by atomic mass is 32.2. The number of sulfonamides is 1. The Bertz CT molecular complexity index is 654. The summed E-state index contributed by atoms with van der Waals surface area (Å²) in [5.41, 5.74) is -1.67. The highest BCUT2D eigenvalue weighted by Gasteiger charge is 2.34. The number of aromatic carboxylic acids is 1. The van der Waals surface area contributed by atoms with Gasteiger partial charge in [0.2, 0.25) is 10.0 Å². The third-order valence-corrected chi connectivity index (χ3v) is 4.58. The molecule has 1 saturated heterocycles. The third kappa shape index (κ3) is 3.56. The van der Waals surface area contributed by atoms with Gasteiger partial charge in [-0.2, -0.15) is 0 Å². The Kier molecular flexibility index (Phi) is 4.28. The van der Waals surface area contributed by atoms with Gasteiger partial charge in [-0.05, 0) is 18.2 Å². The maximum Gasteiger partial charge on any atom is 0.335 e. The van der Waals surface area contributed by atoms with Crippen LogP contribution >= 0.6 is 0 Å². The number of hydrogen-bond donors (Lipinski definition) is 3. The Balaban J connectivity index is 2.17. The maximum atomic E-state index is 13.7. The van der Waals surface area contributed by atoms with Gasteiger partial charge in [-0.15, -0.1) is 0 Å². The quantitative estimate of drug-likeness (QED) is 0.701. The number of benzene rings is 1. The van der Waals surface area contributed by atoms with Gasteiger partial charge in [0.25, 0.3) is 0 Å². The zero-order valence-electron chi connectivity index (χ0n) is 10.9. The number of carboxylic acid groups (broad SMARTS) is 1. The van der Waals surface area contributed by atoms with E-state index in [-0.39, 0.29) is 25.1 Å². The minimum Gasteiger partial charge on any atom is -0.478 e. The fourth-order valence-corrected chi connectivity index (χ4v) is 3.07. The first-order chi connectivity index (χ1) is 9.73. The molecule has 2 rings (SSSR count). The normalized spacial score (nSPS) is 22.4. The SMILES string of the molecule is O=C(O)c1ccc(S(=O)(=O)NCC2(O)CCOC2)c(F)c1. The van der Waals surface area contributed by atoms with Crippen LogP contribution in [0.2, 0.25) is 0 Å². The van der Waals surface area contributed by atoms with Gasteiger partial charge >= 0.3 is 5.97 Å². The van der Waals surface area contributed by atoms with E-state index in [0.717, 1.165) is 12.1 Å². The van der Waals surface area contributed by atoms with Gasteiger partial charge in [-0.3, -0.25) is 0 Å². The Morgan fingerprint density at radius 1 is 1.48 bits per heavy atom. The molecule has 0 aromatic heterocycles. The van der Waals surface area contributed by atoms with Crippen LogP contribution in [0.15, 0.2) is 23.1 Å². The zero-order valence-corrected chi connectivity index (χ0v) is 11.7. The van der Waals surface area contributed by atoms with E-state index < -0.39 is 32.3 Å². The molecule has 1 heterocycles. The summed E-state index contributed by atoms with van der Waals surface area (Å²) >= 11 is 0. The predicted octanol–water partition coefficient (Wildman–Crippen LogP) is -0.0464. The minimum absolute atomic E-state index is 0.00401. The molecule has 0 radical (unpaired) electrons. The maximum absolute atomic E-state index is 13.7. The fourth-order valence-electron chi connectivity index (χ4n) is 1.89. The molecule has 1 aliphatic heterocycles. The van der Waals surface area contributed by atoms with Crippen LogP contribution in [-0.4, -0.2) is 50.0 Å². The molecule has 116 valence electrons. The van der Waals surface area contributed by atoms with Crippen molar-refractivity contribution in [3.63, 3.8) is 0 Å². The van der Waals surface area contributed by atoms with Crippen molar-refractivity contribution >= 4 is 16.0 Å². The molecule has 0 saturated carbocycles. The first kappa shape index (κ1) is 15.8. The van der Waals surface area contributed by atoms with Gasteiger partial charge in [0.15, 0.2) is 0 Å². The summed E-state index contributed by atoms with van der Waals surface area (Å²) < 4.78 is 44.8. The smallest absolute Gasteiger partial charge is 0.335 e.